The number of hydrogen-bond donors (Lipinski definition) is 1. The summed E-state index contributed by atoms with van der Waals surface area (Å²) in [5.41, 5.74) is 6.07. The first-order chi connectivity index (χ1) is 8.99. The topological polar surface area (TPSA) is 104 Å². The van der Waals surface area contributed by atoms with Gasteiger partial charge in [-0.1, -0.05) is 17.7 Å². The van der Waals surface area contributed by atoms with Gasteiger partial charge in [0.15, 0.2) is 0 Å². The van der Waals surface area contributed by atoms with Crippen molar-refractivity contribution in [2.24, 2.45) is 0 Å². The minimum absolute atomic E-state index is 0.0115. The minimum Gasteiger partial charge on any atom is -0.430 e. The molecular weight excluding hydrogens is 272 g/mol. The second kappa shape index (κ2) is 5.07. The monoisotopic (exact) mass is 280 g/mol. The van der Waals surface area contributed by atoms with Gasteiger partial charge in [0.05, 0.1) is 4.92 Å². The summed E-state index contributed by atoms with van der Waals surface area (Å²) in [6.45, 7) is 1.74. The van der Waals surface area contributed by atoms with Crippen LogP contribution in [-0.4, -0.2) is 14.9 Å². The Bertz CT molecular complexity index is 648. The maximum Gasteiger partial charge on any atom is 0.311 e. The van der Waals surface area contributed by atoms with Gasteiger partial charge in [-0.3, -0.25) is 10.1 Å². The number of nitrogens with two attached hydrogens (primary N) is 1. The third-order valence-corrected chi connectivity index (χ3v) is 2.66. The number of nitro groups is 1. The smallest absolute Gasteiger partial charge is 0.311 e. The van der Waals surface area contributed by atoms with Crippen LogP contribution < -0.4 is 10.5 Å². The van der Waals surface area contributed by atoms with Crippen molar-refractivity contribution in [1.29, 1.82) is 0 Å². The molecule has 0 aliphatic heterocycles. The number of nitro benzene ring substituents is 1. The summed E-state index contributed by atoms with van der Waals surface area (Å²) >= 11 is 5.86. The van der Waals surface area contributed by atoms with E-state index in [1.165, 1.54) is 12.1 Å². The molecule has 19 heavy (non-hydrogen) atoms. The number of aromatic nitrogens is 2. The van der Waals surface area contributed by atoms with Crippen molar-refractivity contribution in [1.82, 2.24) is 9.97 Å². The van der Waals surface area contributed by atoms with Crippen LogP contribution in [0.3, 0.4) is 0 Å². The Labute approximate surface area is 113 Å². The molecule has 0 bridgehead atoms. The molecule has 0 saturated carbocycles. The van der Waals surface area contributed by atoms with Gasteiger partial charge in [-0.15, -0.1) is 0 Å². The Morgan fingerprint density at radius 1 is 1.42 bits per heavy atom. The van der Waals surface area contributed by atoms with Crippen molar-refractivity contribution >= 4 is 23.1 Å². The predicted molar refractivity (Wildman–Crippen MR) is 69.4 cm³/mol. The summed E-state index contributed by atoms with van der Waals surface area (Å²) in [7, 11) is 0. The van der Waals surface area contributed by atoms with Crippen LogP contribution in [0.15, 0.2) is 24.5 Å². The van der Waals surface area contributed by atoms with E-state index in [1.807, 2.05) is 0 Å². The summed E-state index contributed by atoms with van der Waals surface area (Å²) in [5, 5.41) is 11.0. The van der Waals surface area contributed by atoms with E-state index in [0.717, 1.165) is 11.9 Å². The number of nitrogens with zero attached hydrogens (tertiary/aromatic N) is 3. The molecular formula is C11H9ClN4O3. The van der Waals surface area contributed by atoms with Crippen LogP contribution in [0, 0.1) is 17.0 Å². The lowest BCUT2D eigenvalue weighted by Crippen LogP contribution is -1.98. The number of benzene rings is 1. The normalized spacial score (nSPS) is 10.2. The molecule has 1 aromatic heterocycles. The Kier molecular flexibility index (Phi) is 3.48. The lowest BCUT2D eigenvalue weighted by atomic mass is 10.2. The van der Waals surface area contributed by atoms with Gasteiger partial charge in [0, 0.05) is 6.07 Å². The highest BCUT2D eigenvalue weighted by atomic mass is 35.5. The van der Waals surface area contributed by atoms with Crippen LogP contribution in [-0.2, 0) is 0 Å². The van der Waals surface area contributed by atoms with Crippen molar-refractivity contribution in [2.75, 3.05) is 5.73 Å². The molecule has 1 heterocycles. The van der Waals surface area contributed by atoms with E-state index in [9.17, 15) is 10.1 Å². The average molecular weight is 281 g/mol. The van der Waals surface area contributed by atoms with Crippen LogP contribution in [0.1, 0.15) is 5.56 Å². The number of anilines is 1. The maximum atomic E-state index is 11.0. The number of hydrogen-bond acceptors (Lipinski definition) is 6. The second-order valence-corrected chi connectivity index (χ2v) is 4.09. The zero-order chi connectivity index (χ0) is 14.0. The van der Waals surface area contributed by atoms with E-state index in [0.29, 0.717) is 0 Å². The molecule has 0 unspecified atom stereocenters. The van der Waals surface area contributed by atoms with Crippen LogP contribution in [0.25, 0.3) is 0 Å². The van der Waals surface area contributed by atoms with Gasteiger partial charge in [0.25, 0.3) is 0 Å². The van der Waals surface area contributed by atoms with Gasteiger partial charge >= 0.3 is 5.69 Å². The molecule has 0 aliphatic carbocycles. The highest BCUT2D eigenvalue weighted by Crippen LogP contribution is 2.35. The van der Waals surface area contributed by atoms with Crippen LogP contribution >= 0.6 is 11.6 Å². The van der Waals surface area contributed by atoms with Gasteiger partial charge in [-0.05, 0) is 18.6 Å². The van der Waals surface area contributed by atoms with Crippen LogP contribution in [0.5, 0.6) is 11.6 Å². The van der Waals surface area contributed by atoms with Gasteiger partial charge in [-0.2, -0.15) is 4.98 Å². The van der Waals surface area contributed by atoms with Crippen molar-refractivity contribution in [3.8, 4) is 11.6 Å². The molecule has 0 radical (unpaired) electrons. The van der Waals surface area contributed by atoms with E-state index in [4.69, 9.17) is 22.1 Å². The highest BCUT2D eigenvalue weighted by Gasteiger charge is 2.18. The third kappa shape index (κ3) is 2.71. The van der Waals surface area contributed by atoms with E-state index < -0.39 is 4.92 Å². The molecule has 1 aromatic carbocycles. The molecule has 0 aliphatic rings. The molecule has 7 nitrogen and oxygen atoms in total. The minimum atomic E-state index is -0.541. The van der Waals surface area contributed by atoms with Gasteiger partial charge in [0.2, 0.25) is 11.6 Å². The van der Waals surface area contributed by atoms with E-state index in [2.05, 4.69) is 9.97 Å². The highest BCUT2D eigenvalue weighted by molar-refractivity contribution is 6.34. The molecule has 2 rings (SSSR count). The molecule has 2 aromatic rings. The summed E-state index contributed by atoms with van der Waals surface area (Å²) in [6.07, 6.45) is 1.16. The van der Waals surface area contributed by atoms with E-state index in [1.54, 1.807) is 13.0 Å². The van der Waals surface area contributed by atoms with E-state index >= 15 is 0 Å². The van der Waals surface area contributed by atoms with Gasteiger partial charge in [0.1, 0.15) is 17.2 Å². The zero-order valence-electron chi connectivity index (χ0n) is 9.83. The largest absolute Gasteiger partial charge is 0.430 e. The Morgan fingerprint density at radius 3 is 2.84 bits per heavy atom. The average Bonchev–Trinajstić information content (AvgIpc) is 2.36. The predicted octanol–water partition coefficient (Wildman–Crippen LogP) is 2.72. The molecule has 0 fully saturated rings. The summed E-state index contributed by atoms with van der Waals surface area (Å²) in [5.74, 6) is 0.0538. The first-order valence-corrected chi connectivity index (χ1v) is 5.55. The fraction of sp³-hybridized carbons (Fsp3) is 0.0909. The summed E-state index contributed by atoms with van der Waals surface area (Å²) in [4.78, 5) is 17.9. The molecule has 0 atom stereocenters. The first kappa shape index (κ1) is 13.0. The second-order valence-electron chi connectivity index (χ2n) is 3.71. The number of halogens is 1. The Hall–Kier alpha value is -2.41. The lowest BCUT2D eigenvalue weighted by Gasteiger charge is -2.07. The van der Waals surface area contributed by atoms with E-state index in [-0.39, 0.29) is 28.2 Å². The number of aryl methyl sites for hydroxylation is 1. The molecule has 98 valence electrons. The first-order valence-electron chi connectivity index (χ1n) is 5.18. The Morgan fingerprint density at radius 2 is 2.16 bits per heavy atom. The Balaban J connectivity index is 2.44. The quantitative estimate of drug-likeness (QED) is 0.684. The SMILES string of the molecule is Cc1ccc(Oc2ncnc(N)c2Cl)c([N+](=O)[O-])c1. The molecule has 0 spiro atoms. The zero-order valence-corrected chi connectivity index (χ0v) is 10.6. The number of rotatable bonds is 3. The third-order valence-electron chi connectivity index (χ3n) is 2.30. The number of nitrogen functional groups attached to an aromatic ring is 1. The van der Waals surface area contributed by atoms with Crippen molar-refractivity contribution < 1.29 is 9.66 Å². The molecule has 8 heteroatoms. The number of ether oxygens (including phenoxy) is 1. The van der Waals surface area contributed by atoms with Crippen LogP contribution in [0.2, 0.25) is 5.02 Å². The van der Waals surface area contributed by atoms with Crippen molar-refractivity contribution in [2.45, 2.75) is 6.92 Å². The summed E-state index contributed by atoms with van der Waals surface area (Å²) in [6, 6.07) is 4.55. The van der Waals surface area contributed by atoms with Gasteiger partial charge < -0.3 is 10.5 Å². The lowest BCUT2D eigenvalue weighted by molar-refractivity contribution is -0.385. The summed E-state index contributed by atoms with van der Waals surface area (Å²) < 4.78 is 5.33. The molecule has 0 saturated heterocycles. The van der Waals surface area contributed by atoms with Crippen LogP contribution in [0.4, 0.5) is 11.5 Å². The van der Waals surface area contributed by atoms with Crippen molar-refractivity contribution in [3.05, 3.63) is 45.2 Å². The molecule has 0 amide bonds. The maximum absolute atomic E-state index is 11.0. The standard InChI is InChI=1S/C11H9ClN4O3/c1-6-2-3-8(7(4-6)16(17)18)19-11-9(12)10(13)14-5-15-11/h2-5H,1H3,(H2,13,14,15). The molecule has 2 N–H and O–H groups in total. The fourth-order valence-electron chi connectivity index (χ4n) is 1.40. The fourth-order valence-corrected chi connectivity index (χ4v) is 1.53. The van der Waals surface area contributed by atoms with Gasteiger partial charge in [-0.25, -0.2) is 4.98 Å². The van der Waals surface area contributed by atoms with Crippen molar-refractivity contribution in [3.63, 3.8) is 0 Å².